The number of benzene rings is 2. The molecule has 0 N–H and O–H groups in total. The van der Waals surface area contributed by atoms with Crippen LogP contribution in [-0.2, 0) is 21.1 Å². The molecule has 0 unspecified atom stereocenters. The van der Waals surface area contributed by atoms with Crippen LogP contribution >= 0.6 is 15.9 Å². The first kappa shape index (κ1) is 21.6. The summed E-state index contributed by atoms with van der Waals surface area (Å²) in [6.07, 6.45) is 4.72. The minimum Gasteiger partial charge on any atom is -0.381 e. The first-order valence-corrected chi connectivity index (χ1v) is 13.1. The van der Waals surface area contributed by atoms with Gasteiger partial charge in [-0.2, -0.15) is 0 Å². The Labute approximate surface area is 194 Å². The quantitative estimate of drug-likeness (QED) is 0.339. The fraction of sp³-hybridized carbons (Fsp3) is 0.292. The van der Waals surface area contributed by atoms with Gasteiger partial charge in [0.2, 0.25) is 0 Å². The number of rotatable bonds is 4. The van der Waals surface area contributed by atoms with Gasteiger partial charge in [0.1, 0.15) is 5.82 Å². The number of hydrogen-bond acceptors (Lipinski definition) is 4. The first-order chi connectivity index (χ1) is 15.3. The minimum absolute atomic E-state index is 0.101. The number of halogens is 2. The molecule has 0 amide bonds. The van der Waals surface area contributed by atoms with E-state index in [1.165, 1.54) is 17.7 Å². The molecule has 0 spiro atoms. The molecule has 0 bridgehead atoms. The Hall–Kier alpha value is -2.29. The molecule has 1 aliphatic heterocycles. The van der Waals surface area contributed by atoms with E-state index in [0.29, 0.717) is 29.0 Å². The zero-order valence-corrected chi connectivity index (χ0v) is 19.9. The first-order valence-electron chi connectivity index (χ1n) is 10.5. The number of sulfone groups is 1. The Morgan fingerprint density at radius 1 is 1.19 bits per heavy atom. The van der Waals surface area contributed by atoms with Crippen molar-refractivity contribution < 1.29 is 17.5 Å². The molecule has 32 heavy (non-hydrogen) atoms. The van der Waals surface area contributed by atoms with Crippen LogP contribution in [0, 0.1) is 5.82 Å². The molecule has 4 aromatic rings. The van der Waals surface area contributed by atoms with Gasteiger partial charge in [0.15, 0.2) is 9.84 Å². The van der Waals surface area contributed by atoms with Gasteiger partial charge in [0.05, 0.1) is 26.8 Å². The highest BCUT2D eigenvalue weighted by atomic mass is 79.9. The maximum absolute atomic E-state index is 15.0. The number of hydrogen-bond donors (Lipinski definition) is 0. The summed E-state index contributed by atoms with van der Waals surface area (Å²) in [6.45, 7) is 1.93. The molecule has 5 rings (SSSR count). The second kappa shape index (κ2) is 8.24. The van der Waals surface area contributed by atoms with Crippen LogP contribution in [0.15, 0.2) is 58.0 Å². The van der Waals surface area contributed by atoms with Crippen molar-refractivity contribution in [2.45, 2.75) is 30.2 Å². The smallest absolute Gasteiger partial charge is 0.177 e. The van der Waals surface area contributed by atoms with Crippen molar-refractivity contribution in [2.75, 3.05) is 19.5 Å². The van der Waals surface area contributed by atoms with E-state index in [-0.39, 0.29) is 10.3 Å². The monoisotopic (exact) mass is 516 g/mol. The summed E-state index contributed by atoms with van der Waals surface area (Å²) in [5, 5.41) is 0.232. The van der Waals surface area contributed by atoms with Gasteiger partial charge in [-0.3, -0.25) is 4.98 Å². The summed E-state index contributed by atoms with van der Waals surface area (Å²) in [4.78, 5) is 4.53. The summed E-state index contributed by atoms with van der Waals surface area (Å²) in [6, 6.07) is 12.7. The lowest BCUT2D eigenvalue weighted by Crippen LogP contribution is -2.14. The summed E-state index contributed by atoms with van der Waals surface area (Å²) >= 11 is 3.45. The van der Waals surface area contributed by atoms with Crippen molar-refractivity contribution in [3.05, 3.63) is 70.1 Å². The lowest BCUT2D eigenvalue weighted by molar-refractivity contribution is 0.0853. The Balaban J connectivity index is 1.73. The number of fused-ring (bicyclic) bond motifs is 3. The topological polar surface area (TPSA) is 61.2 Å². The molecule has 3 heterocycles. The standard InChI is InChI=1S/C24H22BrFN2O3S/c1-32(29,30)21-6-5-19(26)22-23-20(12-18(25)13-27-23)28(24(21)22)14-15-3-2-4-17(11-15)16-7-9-31-10-8-16/h2-6,11-13,16H,7-10,14H2,1H3. The predicted octanol–water partition coefficient (Wildman–Crippen LogP) is 5.44. The molecular formula is C24H22BrFN2O3S. The average Bonchev–Trinajstić information content (AvgIpc) is 3.08. The van der Waals surface area contributed by atoms with Crippen LogP contribution < -0.4 is 0 Å². The average molecular weight is 517 g/mol. The van der Waals surface area contributed by atoms with Crippen molar-refractivity contribution in [2.24, 2.45) is 0 Å². The van der Waals surface area contributed by atoms with Crippen LogP contribution in [0.2, 0.25) is 0 Å². The number of aromatic nitrogens is 2. The van der Waals surface area contributed by atoms with E-state index in [1.807, 2.05) is 22.8 Å². The third-order valence-electron chi connectivity index (χ3n) is 6.11. The summed E-state index contributed by atoms with van der Waals surface area (Å²) in [5.41, 5.74) is 3.76. The number of ether oxygens (including phenoxy) is 1. The van der Waals surface area contributed by atoms with Gasteiger partial charge in [0, 0.05) is 36.7 Å². The molecule has 0 atom stereocenters. The van der Waals surface area contributed by atoms with E-state index in [1.54, 1.807) is 6.20 Å². The van der Waals surface area contributed by atoms with Gasteiger partial charge >= 0.3 is 0 Å². The van der Waals surface area contributed by atoms with E-state index < -0.39 is 15.7 Å². The van der Waals surface area contributed by atoms with Crippen molar-refractivity contribution in [3.8, 4) is 0 Å². The third-order valence-corrected chi connectivity index (χ3v) is 7.67. The zero-order valence-electron chi connectivity index (χ0n) is 17.5. The van der Waals surface area contributed by atoms with E-state index in [9.17, 15) is 12.8 Å². The zero-order chi connectivity index (χ0) is 22.5. The molecule has 0 aliphatic carbocycles. The molecule has 1 aliphatic rings. The molecule has 166 valence electrons. The molecule has 8 heteroatoms. The van der Waals surface area contributed by atoms with Crippen LogP contribution in [0.5, 0.6) is 0 Å². The van der Waals surface area contributed by atoms with Crippen molar-refractivity contribution >= 4 is 47.7 Å². The molecule has 2 aromatic heterocycles. The second-order valence-electron chi connectivity index (χ2n) is 8.28. The summed E-state index contributed by atoms with van der Waals surface area (Å²) in [5.74, 6) is -0.0383. The third kappa shape index (κ3) is 3.84. The molecule has 5 nitrogen and oxygen atoms in total. The largest absolute Gasteiger partial charge is 0.381 e. The van der Waals surface area contributed by atoms with Gasteiger partial charge < -0.3 is 9.30 Å². The fourth-order valence-electron chi connectivity index (χ4n) is 4.61. The Bertz CT molecular complexity index is 1440. The molecular weight excluding hydrogens is 495 g/mol. The number of pyridine rings is 1. The molecule has 2 aromatic carbocycles. The predicted molar refractivity (Wildman–Crippen MR) is 126 cm³/mol. The fourth-order valence-corrected chi connectivity index (χ4v) is 5.81. The molecule has 0 saturated carbocycles. The van der Waals surface area contributed by atoms with Crippen LogP contribution in [-0.4, -0.2) is 37.4 Å². The SMILES string of the molecule is CS(=O)(=O)c1ccc(F)c2c3ncc(Br)cc3n(Cc3cccc(C4CCOCC4)c3)c12. The number of nitrogens with zero attached hydrogens (tertiary/aromatic N) is 2. The normalized spacial score (nSPS) is 15.6. The Morgan fingerprint density at radius 3 is 2.72 bits per heavy atom. The minimum atomic E-state index is -3.58. The van der Waals surface area contributed by atoms with E-state index in [4.69, 9.17) is 4.74 Å². The summed E-state index contributed by atoms with van der Waals surface area (Å²) in [7, 11) is -3.58. The van der Waals surface area contributed by atoms with Gasteiger partial charge in [-0.25, -0.2) is 12.8 Å². The highest BCUT2D eigenvalue weighted by Crippen LogP contribution is 2.36. The molecule has 0 radical (unpaired) electrons. The van der Waals surface area contributed by atoms with Gasteiger partial charge in [-0.1, -0.05) is 24.3 Å². The maximum atomic E-state index is 15.0. The van der Waals surface area contributed by atoms with Crippen LogP contribution in [0.25, 0.3) is 21.9 Å². The van der Waals surface area contributed by atoms with E-state index in [2.05, 4.69) is 33.0 Å². The molecule has 1 saturated heterocycles. The van der Waals surface area contributed by atoms with Crippen LogP contribution in [0.1, 0.15) is 29.9 Å². The Kier molecular flexibility index (Phi) is 5.55. The van der Waals surface area contributed by atoms with Crippen molar-refractivity contribution in [1.29, 1.82) is 0 Å². The highest BCUT2D eigenvalue weighted by molar-refractivity contribution is 9.10. The van der Waals surface area contributed by atoms with Crippen LogP contribution in [0.4, 0.5) is 4.39 Å². The van der Waals surface area contributed by atoms with E-state index >= 15 is 0 Å². The molecule has 1 fully saturated rings. The van der Waals surface area contributed by atoms with E-state index in [0.717, 1.165) is 42.3 Å². The summed E-state index contributed by atoms with van der Waals surface area (Å²) < 4.78 is 48.3. The highest BCUT2D eigenvalue weighted by Gasteiger charge is 2.24. The lowest BCUT2D eigenvalue weighted by Gasteiger charge is -2.23. The second-order valence-corrected chi connectivity index (χ2v) is 11.2. The van der Waals surface area contributed by atoms with Gasteiger partial charge in [-0.05, 0) is 64.0 Å². The maximum Gasteiger partial charge on any atom is 0.177 e. The van der Waals surface area contributed by atoms with Crippen molar-refractivity contribution in [3.63, 3.8) is 0 Å². The van der Waals surface area contributed by atoms with Crippen LogP contribution in [0.3, 0.4) is 0 Å². The Morgan fingerprint density at radius 2 is 1.97 bits per heavy atom. The lowest BCUT2D eigenvalue weighted by atomic mass is 9.91. The van der Waals surface area contributed by atoms with Gasteiger partial charge in [-0.15, -0.1) is 0 Å². The van der Waals surface area contributed by atoms with Gasteiger partial charge in [0.25, 0.3) is 0 Å². The van der Waals surface area contributed by atoms with Crippen molar-refractivity contribution in [1.82, 2.24) is 9.55 Å².